The number of nitrogens with zero attached hydrogens (tertiary/aromatic N) is 3. The molecular formula is C11H13N3O3S. The van der Waals surface area contributed by atoms with Crippen molar-refractivity contribution in [2.75, 3.05) is 0 Å². The molecule has 0 unspecified atom stereocenters. The minimum absolute atomic E-state index is 0.425. The van der Waals surface area contributed by atoms with Gasteiger partial charge in [0.1, 0.15) is 5.82 Å². The number of rotatable bonds is 4. The van der Waals surface area contributed by atoms with Crippen molar-refractivity contribution in [2.24, 2.45) is 7.05 Å². The Morgan fingerprint density at radius 1 is 1.17 bits per heavy atom. The monoisotopic (exact) mass is 267 g/mol. The molecule has 0 radical (unpaired) electrons. The van der Waals surface area contributed by atoms with E-state index < -0.39 is 15.3 Å². The van der Waals surface area contributed by atoms with Crippen molar-refractivity contribution in [2.45, 2.75) is 18.0 Å². The minimum Gasteiger partial charge on any atom is -0.303 e. The summed E-state index contributed by atoms with van der Waals surface area (Å²) >= 11 is 0. The Bertz CT molecular complexity index is 635. The number of hydrogen-bond acceptors (Lipinski definition) is 4. The van der Waals surface area contributed by atoms with Gasteiger partial charge < -0.3 is 4.57 Å². The van der Waals surface area contributed by atoms with Crippen LogP contribution in [-0.2, 0) is 30.0 Å². The topological polar surface area (TPSA) is 85.1 Å². The SMILES string of the molecule is Cn1c(CCc2ccccc2)nnc1S(=O)(=O)O. The maximum absolute atomic E-state index is 11.0. The van der Waals surface area contributed by atoms with Crippen molar-refractivity contribution in [3.63, 3.8) is 0 Å². The van der Waals surface area contributed by atoms with E-state index >= 15 is 0 Å². The molecule has 96 valence electrons. The first-order chi connectivity index (χ1) is 8.48. The van der Waals surface area contributed by atoms with Crippen molar-refractivity contribution in [1.29, 1.82) is 0 Å². The molecule has 1 aromatic carbocycles. The first kappa shape index (κ1) is 12.7. The van der Waals surface area contributed by atoms with E-state index in [-0.39, 0.29) is 0 Å². The molecule has 7 heteroatoms. The highest BCUT2D eigenvalue weighted by Gasteiger charge is 2.19. The van der Waals surface area contributed by atoms with E-state index in [2.05, 4.69) is 10.2 Å². The van der Waals surface area contributed by atoms with E-state index in [4.69, 9.17) is 4.55 Å². The van der Waals surface area contributed by atoms with Gasteiger partial charge >= 0.3 is 10.1 Å². The molecule has 1 heterocycles. The summed E-state index contributed by atoms with van der Waals surface area (Å²) in [6.07, 6.45) is 1.29. The van der Waals surface area contributed by atoms with E-state index in [0.29, 0.717) is 12.2 Å². The molecule has 0 saturated carbocycles. The molecule has 0 bridgehead atoms. The third-order valence-electron chi connectivity index (χ3n) is 2.64. The molecule has 18 heavy (non-hydrogen) atoms. The molecule has 1 N–H and O–H groups in total. The maximum Gasteiger partial charge on any atom is 0.330 e. The van der Waals surface area contributed by atoms with Crippen molar-refractivity contribution in [1.82, 2.24) is 14.8 Å². The van der Waals surface area contributed by atoms with Crippen LogP contribution < -0.4 is 0 Å². The summed E-state index contributed by atoms with van der Waals surface area (Å²) in [5, 5.41) is 6.82. The molecule has 0 aliphatic heterocycles. The zero-order valence-corrected chi connectivity index (χ0v) is 10.6. The highest BCUT2D eigenvalue weighted by molar-refractivity contribution is 7.85. The van der Waals surface area contributed by atoms with Crippen LogP contribution in [0.15, 0.2) is 35.5 Å². The molecule has 0 aliphatic rings. The van der Waals surface area contributed by atoms with Crippen LogP contribution in [0.1, 0.15) is 11.4 Å². The summed E-state index contributed by atoms with van der Waals surface area (Å²) in [6.45, 7) is 0. The molecule has 6 nitrogen and oxygen atoms in total. The zero-order chi connectivity index (χ0) is 13.2. The first-order valence-electron chi connectivity index (χ1n) is 5.38. The van der Waals surface area contributed by atoms with Crippen molar-refractivity contribution in [3.8, 4) is 0 Å². The van der Waals surface area contributed by atoms with E-state index in [1.54, 1.807) is 0 Å². The fraction of sp³-hybridized carbons (Fsp3) is 0.273. The van der Waals surface area contributed by atoms with Gasteiger partial charge in [-0.15, -0.1) is 10.2 Å². The predicted molar refractivity (Wildman–Crippen MR) is 64.7 cm³/mol. The molecule has 1 aromatic heterocycles. The Balaban J connectivity index is 2.14. The highest BCUT2D eigenvalue weighted by Crippen LogP contribution is 2.09. The average Bonchev–Trinajstić information content (AvgIpc) is 2.69. The summed E-state index contributed by atoms with van der Waals surface area (Å²) in [7, 11) is -2.79. The average molecular weight is 267 g/mol. The van der Waals surface area contributed by atoms with Gasteiger partial charge in [-0.1, -0.05) is 30.3 Å². The van der Waals surface area contributed by atoms with Crippen LogP contribution in [0.2, 0.25) is 0 Å². The molecular weight excluding hydrogens is 254 g/mol. The van der Waals surface area contributed by atoms with Gasteiger partial charge in [0.2, 0.25) is 0 Å². The molecule has 0 aliphatic carbocycles. The second-order valence-corrected chi connectivity index (χ2v) is 5.23. The molecule has 0 amide bonds. The van der Waals surface area contributed by atoms with Crippen LogP contribution in [0.5, 0.6) is 0 Å². The van der Waals surface area contributed by atoms with Crippen molar-refractivity contribution in [3.05, 3.63) is 41.7 Å². The fourth-order valence-corrected chi connectivity index (χ4v) is 2.28. The normalized spacial score (nSPS) is 11.7. The molecule has 0 saturated heterocycles. The quantitative estimate of drug-likeness (QED) is 0.830. The molecule has 2 rings (SSSR count). The number of hydrogen-bond donors (Lipinski definition) is 1. The van der Waals surface area contributed by atoms with Crippen LogP contribution in [0.25, 0.3) is 0 Å². The van der Waals surface area contributed by atoms with Gasteiger partial charge in [-0.25, -0.2) is 0 Å². The highest BCUT2D eigenvalue weighted by atomic mass is 32.2. The van der Waals surface area contributed by atoms with Gasteiger partial charge in [0, 0.05) is 13.5 Å². The number of aromatic nitrogens is 3. The summed E-state index contributed by atoms with van der Waals surface area (Å²) in [5.74, 6) is 0.520. The van der Waals surface area contributed by atoms with Crippen molar-refractivity contribution < 1.29 is 13.0 Å². The van der Waals surface area contributed by atoms with Gasteiger partial charge in [-0.3, -0.25) is 4.55 Å². The molecule has 0 spiro atoms. The Labute approximate surface area is 105 Å². The number of benzene rings is 1. The van der Waals surface area contributed by atoms with Gasteiger partial charge in [-0.2, -0.15) is 8.42 Å². The van der Waals surface area contributed by atoms with Crippen LogP contribution >= 0.6 is 0 Å². The second kappa shape index (κ2) is 4.87. The lowest BCUT2D eigenvalue weighted by Crippen LogP contribution is -2.09. The minimum atomic E-state index is -4.31. The Kier molecular flexibility index (Phi) is 3.44. The largest absolute Gasteiger partial charge is 0.330 e. The van der Waals surface area contributed by atoms with Gasteiger partial charge in [0.25, 0.3) is 5.16 Å². The first-order valence-corrected chi connectivity index (χ1v) is 6.82. The summed E-state index contributed by atoms with van der Waals surface area (Å²) in [4.78, 5) is 0. The maximum atomic E-state index is 11.0. The van der Waals surface area contributed by atoms with Crippen LogP contribution in [0.4, 0.5) is 0 Å². The second-order valence-electron chi connectivity index (χ2n) is 3.92. The summed E-state index contributed by atoms with van der Waals surface area (Å²) < 4.78 is 32.2. The fourth-order valence-electron chi connectivity index (χ4n) is 1.69. The van der Waals surface area contributed by atoms with Crippen LogP contribution in [-0.4, -0.2) is 27.7 Å². The van der Waals surface area contributed by atoms with E-state index in [1.165, 1.54) is 11.6 Å². The van der Waals surface area contributed by atoms with Crippen LogP contribution in [0.3, 0.4) is 0 Å². The Morgan fingerprint density at radius 2 is 1.83 bits per heavy atom. The van der Waals surface area contributed by atoms with E-state index in [9.17, 15) is 8.42 Å². The molecule has 0 fully saturated rings. The van der Waals surface area contributed by atoms with Crippen molar-refractivity contribution >= 4 is 10.1 Å². The predicted octanol–water partition coefficient (Wildman–Crippen LogP) is 0.847. The lowest BCUT2D eigenvalue weighted by molar-refractivity contribution is 0.467. The third-order valence-corrected chi connectivity index (χ3v) is 3.45. The van der Waals surface area contributed by atoms with Gasteiger partial charge in [0.15, 0.2) is 0 Å². The summed E-state index contributed by atoms with van der Waals surface area (Å²) in [6, 6.07) is 9.79. The number of aryl methyl sites for hydroxylation is 2. The van der Waals surface area contributed by atoms with Crippen LogP contribution in [0, 0.1) is 0 Å². The lowest BCUT2D eigenvalue weighted by atomic mass is 10.1. The summed E-state index contributed by atoms with van der Waals surface area (Å²) in [5.41, 5.74) is 1.13. The standard InChI is InChI=1S/C11H13N3O3S/c1-14-10(12-13-11(14)18(15,16)17)8-7-9-5-3-2-4-6-9/h2-6H,7-8H2,1H3,(H,15,16,17). The lowest BCUT2D eigenvalue weighted by Gasteiger charge is -2.02. The smallest absolute Gasteiger partial charge is 0.303 e. The molecule has 2 aromatic rings. The van der Waals surface area contributed by atoms with Gasteiger partial charge in [-0.05, 0) is 12.0 Å². The van der Waals surface area contributed by atoms with E-state index in [1.807, 2.05) is 30.3 Å². The molecule has 0 atom stereocenters. The Hall–Kier alpha value is -1.73. The Morgan fingerprint density at radius 3 is 2.39 bits per heavy atom. The zero-order valence-electron chi connectivity index (χ0n) is 9.81. The van der Waals surface area contributed by atoms with E-state index in [0.717, 1.165) is 12.0 Å². The third kappa shape index (κ3) is 2.74. The van der Waals surface area contributed by atoms with Gasteiger partial charge in [0.05, 0.1) is 0 Å².